The highest BCUT2D eigenvalue weighted by Crippen LogP contribution is 2.20. The Kier molecular flexibility index (Phi) is 3.79. The summed E-state index contributed by atoms with van der Waals surface area (Å²) < 4.78 is 4.95. The van der Waals surface area contributed by atoms with Crippen LogP contribution in [0.3, 0.4) is 0 Å². The summed E-state index contributed by atoms with van der Waals surface area (Å²) in [5.41, 5.74) is 2.89. The Labute approximate surface area is 120 Å². The second-order valence-electron chi connectivity index (χ2n) is 4.68. The predicted octanol–water partition coefficient (Wildman–Crippen LogP) is 1.60. The van der Waals surface area contributed by atoms with Crippen LogP contribution in [0.4, 0.5) is 0 Å². The summed E-state index contributed by atoms with van der Waals surface area (Å²) in [4.78, 5) is 18.2. The number of aromatic nitrogens is 3. The van der Waals surface area contributed by atoms with Crippen LogP contribution in [0.25, 0.3) is 0 Å². The van der Waals surface area contributed by atoms with Crippen molar-refractivity contribution in [3.05, 3.63) is 33.5 Å². The van der Waals surface area contributed by atoms with Crippen LogP contribution in [0.1, 0.15) is 33.7 Å². The molecule has 20 heavy (non-hydrogen) atoms. The van der Waals surface area contributed by atoms with Crippen LogP contribution in [-0.4, -0.2) is 39.2 Å². The van der Waals surface area contributed by atoms with E-state index < -0.39 is 0 Å². The van der Waals surface area contributed by atoms with Gasteiger partial charge in [0, 0.05) is 36.1 Å². The Morgan fingerprint density at radius 3 is 3.35 bits per heavy atom. The second kappa shape index (κ2) is 5.72. The van der Waals surface area contributed by atoms with E-state index in [1.165, 1.54) is 22.6 Å². The van der Waals surface area contributed by atoms with Crippen molar-refractivity contribution in [2.75, 3.05) is 13.2 Å². The topological polar surface area (TPSA) is 71.1 Å². The average Bonchev–Trinajstić information content (AvgIpc) is 3.07. The van der Waals surface area contributed by atoms with Crippen molar-refractivity contribution < 1.29 is 9.53 Å². The third kappa shape index (κ3) is 2.73. The number of H-pyrrole nitrogens is 1. The predicted molar refractivity (Wildman–Crippen MR) is 74.5 cm³/mol. The number of thiazole rings is 1. The molecule has 6 nitrogen and oxygen atoms in total. The Bertz CT molecular complexity index is 607. The van der Waals surface area contributed by atoms with E-state index in [4.69, 9.17) is 4.74 Å². The summed E-state index contributed by atoms with van der Waals surface area (Å²) >= 11 is 1.50. The average molecular weight is 292 g/mol. The molecule has 0 saturated heterocycles. The molecule has 1 N–H and O–H groups in total. The van der Waals surface area contributed by atoms with Gasteiger partial charge in [-0.15, -0.1) is 11.3 Å². The van der Waals surface area contributed by atoms with Gasteiger partial charge in [-0.1, -0.05) is 0 Å². The number of nitrogens with one attached hydrogen (secondary N) is 1. The first-order valence-electron chi connectivity index (χ1n) is 6.61. The third-order valence-electron chi connectivity index (χ3n) is 3.27. The summed E-state index contributed by atoms with van der Waals surface area (Å²) in [6.45, 7) is 4.78. The van der Waals surface area contributed by atoms with E-state index in [0.717, 1.165) is 31.1 Å². The number of carbonyl (C=O) groups is 1. The van der Waals surface area contributed by atoms with Crippen LogP contribution in [0.5, 0.6) is 0 Å². The minimum atomic E-state index is -0.342. The van der Waals surface area contributed by atoms with Crippen LogP contribution in [0, 0.1) is 0 Å². The molecule has 2 aromatic heterocycles. The summed E-state index contributed by atoms with van der Waals surface area (Å²) in [5.74, 6) is -0.342. The van der Waals surface area contributed by atoms with Gasteiger partial charge in [0.1, 0.15) is 5.01 Å². The normalized spacial score (nSPS) is 15.1. The van der Waals surface area contributed by atoms with Gasteiger partial charge in [-0.25, -0.2) is 9.78 Å². The van der Waals surface area contributed by atoms with E-state index >= 15 is 0 Å². The minimum absolute atomic E-state index is 0.342. The van der Waals surface area contributed by atoms with E-state index in [0.29, 0.717) is 12.3 Å². The molecule has 0 saturated carbocycles. The number of nitrogens with zero attached hydrogens (tertiary/aromatic N) is 3. The van der Waals surface area contributed by atoms with E-state index in [-0.39, 0.29) is 5.97 Å². The lowest BCUT2D eigenvalue weighted by Gasteiger charge is -2.25. The highest BCUT2D eigenvalue weighted by atomic mass is 32.1. The van der Waals surface area contributed by atoms with Crippen molar-refractivity contribution in [3.8, 4) is 0 Å². The van der Waals surface area contributed by atoms with Gasteiger partial charge in [0.2, 0.25) is 0 Å². The number of rotatable bonds is 4. The Hall–Kier alpha value is -1.73. The molecule has 1 aliphatic rings. The molecule has 7 heteroatoms. The van der Waals surface area contributed by atoms with Gasteiger partial charge in [-0.3, -0.25) is 10.00 Å². The Balaban J connectivity index is 1.63. The number of carbonyl (C=O) groups excluding carboxylic acids is 1. The molecular formula is C13H16N4O2S. The number of fused-ring (bicyclic) bond motifs is 1. The van der Waals surface area contributed by atoms with Crippen molar-refractivity contribution in [1.29, 1.82) is 0 Å². The van der Waals surface area contributed by atoms with Crippen LogP contribution in [0.2, 0.25) is 0 Å². The van der Waals surface area contributed by atoms with Crippen molar-refractivity contribution in [2.24, 2.45) is 0 Å². The zero-order valence-electron chi connectivity index (χ0n) is 11.3. The highest BCUT2D eigenvalue weighted by molar-refractivity contribution is 7.09. The van der Waals surface area contributed by atoms with Gasteiger partial charge < -0.3 is 4.74 Å². The molecule has 0 fully saturated rings. The molecule has 0 spiro atoms. The molecule has 106 valence electrons. The first-order valence-corrected chi connectivity index (χ1v) is 7.49. The molecule has 0 unspecified atom stereocenters. The molecule has 0 amide bonds. The lowest BCUT2D eigenvalue weighted by Crippen LogP contribution is -2.29. The standard InChI is InChI=1S/C13H16N4O2S/c1-2-19-13(18)11-8-20-12(15-11)7-17-4-3-10-9(6-17)5-14-16-10/h5,8H,2-4,6-7H2,1H3,(H,14,16). The minimum Gasteiger partial charge on any atom is -0.461 e. The second-order valence-corrected chi connectivity index (χ2v) is 5.62. The Morgan fingerprint density at radius 1 is 1.60 bits per heavy atom. The fourth-order valence-corrected chi connectivity index (χ4v) is 3.09. The van der Waals surface area contributed by atoms with Gasteiger partial charge in [0.05, 0.1) is 19.3 Å². The molecule has 0 aromatic carbocycles. The smallest absolute Gasteiger partial charge is 0.357 e. The molecule has 3 rings (SSSR count). The first-order chi connectivity index (χ1) is 9.76. The summed E-state index contributed by atoms with van der Waals surface area (Å²) in [6, 6.07) is 0. The molecule has 3 heterocycles. The van der Waals surface area contributed by atoms with E-state index in [9.17, 15) is 4.79 Å². The number of hydrogen-bond donors (Lipinski definition) is 1. The van der Waals surface area contributed by atoms with E-state index in [1.807, 2.05) is 6.20 Å². The molecule has 0 aliphatic carbocycles. The number of esters is 1. The molecule has 1 aliphatic heterocycles. The molecule has 0 bridgehead atoms. The number of aromatic amines is 1. The number of ether oxygens (including phenoxy) is 1. The van der Waals surface area contributed by atoms with Gasteiger partial charge in [-0.05, 0) is 6.92 Å². The fraction of sp³-hybridized carbons (Fsp3) is 0.462. The number of hydrogen-bond acceptors (Lipinski definition) is 6. The summed E-state index contributed by atoms with van der Waals surface area (Å²) in [7, 11) is 0. The maximum Gasteiger partial charge on any atom is 0.357 e. The molecule has 2 aromatic rings. The fourth-order valence-electron chi connectivity index (χ4n) is 2.29. The van der Waals surface area contributed by atoms with Gasteiger partial charge in [0.25, 0.3) is 0 Å². The van der Waals surface area contributed by atoms with Crippen molar-refractivity contribution in [3.63, 3.8) is 0 Å². The monoisotopic (exact) mass is 292 g/mol. The van der Waals surface area contributed by atoms with Crippen LogP contribution in [0.15, 0.2) is 11.6 Å². The lowest BCUT2D eigenvalue weighted by molar-refractivity contribution is 0.0520. The first kappa shape index (κ1) is 13.3. The lowest BCUT2D eigenvalue weighted by atomic mass is 10.1. The summed E-state index contributed by atoms with van der Waals surface area (Å²) in [6.07, 6.45) is 2.86. The zero-order valence-corrected chi connectivity index (χ0v) is 12.1. The third-order valence-corrected chi connectivity index (χ3v) is 4.11. The maximum absolute atomic E-state index is 11.6. The van der Waals surface area contributed by atoms with Crippen LogP contribution in [-0.2, 0) is 24.2 Å². The SMILES string of the molecule is CCOC(=O)c1csc(CN2CCc3[nH]ncc3C2)n1. The molecule has 0 atom stereocenters. The van der Waals surface area contributed by atoms with Crippen molar-refractivity contribution in [1.82, 2.24) is 20.1 Å². The quantitative estimate of drug-likeness (QED) is 0.867. The molecule has 0 radical (unpaired) electrons. The van der Waals surface area contributed by atoms with Gasteiger partial charge in [-0.2, -0.15) is 5.10 Å². The zero-order chi connectivity index (χ0) is 13.9. The van der Waals surface area contributed by atoms with Crippen LogP contribution < -0.4 is 0 Å². The van der Waals surface area contributed by atoms with Crippen molar-refractivity contribution >= 4 is 17.3 Å². The summed E-state index contributed by atoms with van der Waals surface area (Å²) in [5, 5.41) is 9.80. The van der Waals surface area contributed by atoms with Crippen LogP contribution >= 0.6 is 11.3 Å². The highest BCUT2D eigenvalue weighted by Gasteiger charge is 2.19. The van der Waals surface area contributed by atoms with E-state index in [2.05, 4.69) is 20.1 Å². The van der Waals surface area contributed by atoms with Crippen molar-refractivity contribution in [2.45, 2.75) is 26.4 Å². The Morgan fingerprint density at radius 2 is 2.50 bits per heavy atom. The maximum atomic E-state index is 11.6. The van der Waals surface area contributed by atoms with Gasteiger partial charge >= 0.3 is 5.97 Å². The van der Waals surface area contributed by atoms with E-state index in [1.54, 1.807) is 12.3 Å². The van der Waals surface area contributed by atoms with Gasteiger partial charge in [0.15, 0.2) is 5.69 Å². The largest absolute Gasteiger partial charge is 0.461 e. The molecular weight excluding hydrogens is 276 g/mol.